The lowest BCUT2D eigenvalue weighted by Gasteiger charge is -2.26. The highest BCUT2D eigenvalue weighted by Gasteiger charge is 2.18. The molecule has 0 atom stereocenters. The zero-order valence-electron chi connectivity index (χ0n) is 21.8. The van der Waals surface area contributed by atoms with Crippen LogP contribution in [0.3, 0.4) is 0 Å². The Balaban J connectivity index is 1.45. The molecule has 4 heterocycles. The lowest BCUT2D eigenvalue weighted by Crippen LogP contribution is -2.29. The van der Waals surface area contributed by atoms with Gasteiger partial charge in [0.25, 0.3) is 5.91 Å². The zero-order valence-corrected chi connectivity index (χ0v) is 17.3. The summed E-state index contributed by atoms with van der Waals surface area (Å²) in [6.07, 6.45) is 6.82. The predicted octanol–water partition coefficient (Wildman–Crippen LogP) is 3.12. The molecule has 1 aliphatic heterocycles. The van der Waals surface area contributed by atoms with E-state index in [2.05, 4.69) is 46.4 Å². The molecule has 0 bridgehead atoms. The highest BCUT2D eigenvalue weighted by atomic mass is 79.9. The first-order valence-electron chi connectivity index (χ1n) is 12.0. The molecule has 0 saturated carbocycles. The van der Waals surface area contributed by atoms with Crippen LogP contribution in [0.5, 0.6) is 0 Å². The van der Waals surface area contributed by atoms with Gasteiger partial charge in [0, 0.05) is 83.0 Å². The van der Waals surface area contributed by atoms with Gasteiger partial charge in [-0.15, -0.1) is 0 Å². The second-order valence-electron chi connectivity index (χ2n) is 6.88. The number of carbonyl (C=O) groups is 1. The number of fused-ring (bicyclic) bond motifs is 1. The molecule has 0 saturated heterocycles. The van der Waals surface area contributed by atoms with Crippen molar-refractivity contribution < 1.29 is 13.0 Å². The van der Waals surface area contributed by atoms with Crippen molar-refractivity contribution in [1.29, 1.82) is 0 Å². The van der Waals surface area contributed by atoms with Gasteiger partial charge < -0.3 is 9.47 Å². The number of hydrogen-bond donors (Lipinski definition) is 0. The molecule has 29 heavy (non-hydrogen) atoms. The first-order valence-corrected chi connectivity index (χ1v) is 9.83. The molecular formula is C21H23BrN6O. The molecule has 0 fully saturated rings. The van der Waals surface area contributed by atoms with E-state index < -0.39 is 19.9 Å². The lowest BCUT2D eigenvalue weighted by atomic mass is 10.1. The van der Waals surface area contributed by atoms with Gasteiger partial charge in [0.05, 0.1) is 5.56 Å². The maximum Gasteiger partial charge on any atom is 0.256 e. The number of rotatable bonds is 4. The third-order valence-corrected chi connectivity index (χ3v) is 5.73. The summed E-state index contributed by atoms with van der Waals surface area (Å²) in [6.45, 7) is -4.03. The van der Waals surface area contributed by atoms with Crippen LogP contribution < -0.4 is 0 Å². The summed E-state index contributed by atoms with van der Waals surface area (Å²) in [7, 11) is 2.00. The molecule has 7 nitrogen and oxygen atoms in total. The highest BCUT2D eigenvalue weighted by Crippen LogP contribution is 2.26. The molecule has 3 aromatic rings. The summed E-state index contributed by atoms with van der Waals surface area (Å²) in [5.74, 6) is -0.746. The quantitative estimate of drug-likeness (QED) is 0.598. The van der Waals surface area contributed by atoms with E-state index >= 15 is 0 Å². The van der Waals surface area contributed by atoms with E-state index in [0.717, 1.165) is 39.9 Å². The van der Waals surface area contributed by atoms with Crippen LogP contribution in [0.25, 0.3) is 16.6 Å². The first-order chi connectivity index (χ1) is 16.4. The van der Waals surface area contributed by atoms with E-state index in [1.165, 1.54) is 12.4 Å². The summed E-state index contributed by atoms with van der Waals surface area (Å²) in [6, 6.07) is 4.05. The summed E-state index contributed by atoms with van der Waals surface area (Å²) in [4.78, 5) is 27.6. The van der Waals surface area contributed by atoms with Crippen LogP contribution in [0, 0.1) is 0 Å². The highest BCUT2D eigenvalue weighted by molar-refractivity contribution is 9.10. The molecule has 1 amide bonds. The molecule has 8 heteroatoms. The maximum absolute atomic E-state index is 12.6. The van der Waals surface area contributed by atoms with Crippen LogP contribution in [0.15, 0.2) is 41.3 Å². The molecule has 0 aromatic carbocycles. The molecule has 0 N–H and O–H groups in total. The van der Waals surface area contributed by atoms with Gasteiger partial charge >= 0.3 is 0 Å². The third kappa shape index (κ3) is 3.95. The molecule has 150 valence electrons. The molecule has 0 radical (unpaired) electrons. The van der Waals surface area contributed by atoms with Crippen molar-refractivity contribution in [1.82, 2.24) is 29.3 Å². The summed E-state index contributed by atoms with van der Waals surface area (Å²) >= 11 is 3.57. The molecule has 0 aliphatic carbocycles. The molecule has 1 aliphatic rings. The largest absolute Gasteiger partial charge is 0.345 e. The normalized spacial score (nSPS) is 18.8. The van der Waals surface area contributed by atoms with Crippen LogP contribution in [-0.2, 0) is 13.6 Å². The monoisotopic (exact) mass is 460 g/mol. The van der Waals surface area contributed by atoms with E-state index in [9.17, 15) is 4.79 Å². The van der Waals surface area contributed by atoms with Crippen molar-refractivity contribution in [3.8, 4) is 0 Å². The van der Waals surface area contributed by atoms with Crippen LogP contribution in [0.2, 0.25) is 0 Å². The van der Waals surface area contributed by atoms with Crippen molar-refractivity contribution in [3.05, 3.63) is 58.4 Å². The van der Waals surface area contributed by atoms with Gasteiger partial charge in [-0.05, 0) is 40.1 Å². The molecular weight excluding hydrogens is 432 g/mol. The number of nitrogens with zero attached hydrogens (tertiary/aromatic N) is 6. The standard InChI is InChI=1S/C21H23BrN6O/c1-26(2)21(29)15-11-24-19(25-12-15)14-5-8-28(9-6-14)13-16-10-17-18(22)4-7-23-20(17)27(16)3/h4-5,7,10-12H,6,8-9,13H2,1-3H3/i1D3,2D3. The van der Waals surface area contributed by atoms with Crippen LogP contribution in [0.1, 0.15) is 36.5 Å². The number of pyridine rings is 1. The van der Waals surface area contributed by atoms with E-state index in [1.54, 1.807) is 6.20 Å². The second-order valence-corrected chi connectivity index (χ2v) is 7.73. The molecule has 3 aromatic heterocycles. The summed E-state index contributed by atoms with van der Waals surface area (Å²) in [5.41, 5.74) is 2.77. The Morgan fingerprint density at radius 2 is 2.10 bits per heavy atom. The Morgan fingerprint density at radius 3 is 2.76 bits per heavy atom. The van der Waals surface area contributed by atoms with Gasteiger partial charge in [-0.25, -0.2) is 15.0 Å². The average Bonchev–Trinajstić information content (AvgIpc) is 3.09. The fraction of sp³-hybridized carbons (Fsp3) is 0.333. The Morgan fingerprint density at radius 1 is 1.31 bits per heavy atom. The number of aryl methyl sites for hydroxylation is 1. The second kappa shape index (κ2) is 8.04. The van der Waals surface area contributed by atoms with Gasteiger partial charge in [0.1, 0.15) is 5.65 Å². The van der Waals surface area contributed by atoms with Gasteiger partial charge in [-0.1, -0.05) is 6.08 Å². The van der Waals surface area contributed by atoms with E-state index in [0.29, 0.717) is 18.8 Å². The Labute approximate surface area is 186 Å². The number of halogens is 1. The van der Waals surface area contributed by atoms with Gasteiger partial charge in [0.2, 0.25) is 0 Å². The minimum absolute atomic E-state index is 0.100. The summed E-state index contributed by atoms with van der Waals surface area (Å²) < 4.78 is 47.5. The van der Waals surface area contributed by atoms with E-state index in [4.69, 9.17) is 8.22 Å². The van der Waals surface area contributed by atoms with E-state index in [-0.39, 0.29) is 10.5 Å². The molecule has 4 rings (SSSR count). The minimum Gasteiger partial charge on any atom is -0.345 e. The van der Waals surface area contributed by atoms with Crippen molar-refractivity contribution in [2.75, 3.05) is 27.0 Å². The topological polar surface area (TPSA) is 67.2 Å². The van der Waals surface area contributed by atoms with Gasteiger partial charge in [-0.3, -0.25) is 9.69 Å². The van der Waals surface area contributed by atoms with Crippen LogP contribution in [0.4, 0.5) is 0 Å². The molecule has 0 unspecified atom stereocenters. The van der Waals surface area contributed by atoms with E-state index in [1.807, 2.05) is 19.2 Å². The number of hydrogen-bond acceptors (Lipinski definition) is 5. The van der Waals surface area contributed by atoms with Gasteiger partial charge in [0.15, 0.2) is 5.82 Å². The number of carbonyl (C=O) groups excluding carboxylic acids is 1. The fourth-order valence-corrected chi connectivity index (χ4v) is 3.82. The lowest BCUT2D eigenvalue weighted by molar-refractivity contribution is 0.0826. The molecule has 0 spiro atoms. The Bertz CT molecular complexity index is 1270. The SMILES string of the molecule is [2H]C([2H])([2H])N(C(=O)c1cnc(C2=CCN(Cc3cc4c(Br)ccnc4n3C)CC2)nc1)C([2H])([2H])[2H]. The van der Waals surface area contributed by atoms with Crippen molar-refractivity contribution in [2.45, 2.75) is 13.0 Å². The van der Waals surface area contributed by atoms with Crippen molar-refractivity contribution in [2.24, 2.45) is 7.05 Å². The van der Waals surface area contributed by atoms with Crippen molar-refractivity contribution >= 4 is 38.4 Å². The minimum atomic E-state index is -3.12. The Hall–Kier alpha value is -2.58. The van der Waals surface area contributed by atoms with Crippen LogP contribution >= 0.6 is 15.9 Å². The number of amides is 1. The summed E-state index contributed by atoms with van der Waals surface area (Å²) in [5, 5.41) is 1.07. The number of aromatic nitrogens is 4. The van der Waals surface area contributed by atoms with Gasteiger partial charge in [-0.2, -0.15) is 0 Å². The fourth-order valence-electron chi connectivity index (χ4n) is 3.41. The van der Waals surface area contributed by atoms with Crippen molar-refractivity contribution in [3.63, 3.8) is 0 Å². The van der Waals surface area contributed by atoms with Crippen LogP contribution in [-0.4, -0.2) is 62.3 Å². The Kier molecular flexibility index (Phi) is 3.77. The predicted molar refractivity (Wildman–Crippen MR) is 116 cm³/mol. The smallest absolute Gasteiger partial charge is 0.256 e. The first kappa shape index (κ1) is 13.6. The average molecular weight is 461 g/mol. The zero-order chi connectivity index (χ0) is 25.5. The third-order valence-electron chi connectivity index (χ3n) is 5.04. The maximum atomic E-state index is 12.6.